The minimum atomic E-state index is -1.31. The second-order valence-electron chi connectivity index (χ2n) is 8.65. The number of benzene rings is 1. The lowest BCUT2D eigenvalue weighted by atomic mass is 9.83. The molecule has 7 nitrogen and oxygen atoms in total. The first-order chi connectivity index (χ1) is 13.0. The van der Waals surface area contributed by atoms with Gasteiger partial charge in [-0.1, -0.05) is 0 Å². The van der Waals surface area contributed by atoms with Gasteiger partial charge in [-0.15, -0.1) is 0 Å². The van der Waals surface area contributed by atoms with Crippen LogP contribution in [0.15, 0.2) is 30.7 Å². The van der Waals surface area contributed by atoms with E-state index in [0.717, 1.165) is 22.6 Å². The zero-order valence-electron chi connectivity index (χ0n) is 17.3. The molecule has 1 aliphatic rings. The Hall–Kier alpha value is -2.67. The molecule has 0 aliphatic carbocycles. The molecule has 0 bridgehead atoms. The van der Waals surface area contributed by atoms with Crippen LogP contribution in [0.2, 0.25) is 0 Å². The molecule has 1 N–H and O–H groups in total. The fourth-order valence-electron chi connectivity index (χ4n) is 4.98. The molecule has 3 atom stereocenters. The third-order valence-corrected chi connectivity index (χ3v) is 5.86. The first-order valence-electron chi connectivity index (χ1n) is 9.51. The second kappa shape index (κ2) is 6.74. The summed E-state index contributed by atoms with van der Waals surface area (Å²) < 4.78 is 2.06. The van der Waals surface area contributed by atoms with Crippen molar-refractivity contribution in [2.45, 2.75) is 65.6 Å². The zero-order chi connectivity index (χ0) is 20.9. The van der Waals surface area contributed by atoms with Crippen molar-refractivity contribution in [2.75, 3.05) is 0 Å². The van der Waals surface area contributed by atoms with E-state index in [1.807, 2.05) is 63.6 Å². The first-order valence-corrected chi connectivity index (χ1v) is 9.51. The molecule has 0 fully saturated rings. The van der Waals surface area contributed by atoms with Crippen LogP contribution in [-0.4, -0.2) is 33.1 Å². The van der Waals surface area contributed by atoms with Gasteiger partial charge in [-0.3, -0.25) is 0 Å². The van der Waals surface area contributed by atoms with E-state index < -0.39 is 12.1 Å². The number of nitrogens with one attached hydrogen (secondary N) is 1. The molecule has 28 heavy (non-hydrogen) atoms. The molecule has 1 unspecified atom stereocenters. The predicted octanol–water partition coefficient (Wildman–Crippen LogP) is 2.60. The maximum absolute atomic E-state index is 13.0. The maximum atomic E-state index is 13.0. The number of hydrogen-bond acceptors (Lipinski definition) is 4. The van der Waals surface area contributed by atoms with Gasteiger partial charge in [0.2, 0.25) is 0 Å². The van der Waals surface area contributed by atoms with E-state index in [0.29, 0.717) is 6.42 Å². The highest BCUT2D eigenvalue weighted by molar-refractivity contribution is 5.90. The largest absolute Gasteiger partial charge is 0.530 e. The number of amides is 2. The van der Waals surface area contributed by atoms with Gasteiger partial charge >= 0.3 is 5.91 Å². The average molecular weight is 384 g/mol. The van der Waals surface area contributed by atoms with Crippen LogP contribution in [0.4, 0.5) is 10.5 Å². The SMILES string of the molecule is CC(=O)[N@+]1(C(C)(C)C)c2ccc(-n3cnc(C)c3)cc2C(NC(=O)[O-])C[C@@H]1C. The quantitative estimate of drug-likeness (QED) is 0.806. The lowest BCUT2D eigenvalue weighted by molar-refractivity contribution is -0.252. The van der Waals surface area contributed by atoms with Crippen molar-refractivity contribution in [1.82, 2.24) is 19.4 Å². The molecular weight excluding hydrogens is 356 g/mol. The van der Waals surface area contributed by atoms with Crippen molar-refractivity contribution in [3.8, 4) is 5.69 Å². The van der Waals surface area contributed by atoms with E-state index in [1.54, 1.807) is 13.3 Å². The summed E-state index contributed by atoms with van der Waals surface area (Å²) in [5.41, 5.74) is 3.00. The number of carboxylic acid groups (broad SMARTS) is 1. The normalized spacial score (nSPS) is 24.5. The fourth-order valence-corrected chi connectivity index (χ4v) is 4.98. The smallest absolute Gasteiger partial charge is 0.316 e. The summed E-state index contributed by atoms with van der Waals surface area (Å²) in [7, 11) is 0. The van der Waals surface area contributed by atoms with Crippen molar-refractivity contribution >= 4 is 17.7 Å². The first kappa shape index (κ1) is 20.1. The monoisotopic (exact) mass is 384 g/mol. The number of fused-ring (bicyclic) bond motifs is 1. The fraction of sp³-hybridized carbons (Fsp3) is 0.476. The van der Waals surface area contributed by atoms with E-state index in [1.165, 1.54) is 0 Å². The molecular formula is C21H28N4O3. The van der Waals surface area contributed by atoms with Gasteiger partial charge in [0.25, 0.3) is 0 Å². The van der Waals surface area contributed by atoms with E-state index in [4.69, 9.17) is 0 Å². The number of aromatic nitrogens is 2. The topological polar surface area (TPSA) is 87.0 Å². The molecule has 0 saturated carbocycles. The van der Waals surface area contributed by atoms with Crippen LogP contribution in [0.3, 0.4) is 0 Å². The van der Waals surface area contributed by atoms with E-state index in [2.05, 4.69) is 10.3 Å². The maximum Gasteiger partial charge on any atom is 0.316 e. The number of nitrogens with zero attached hydrogens (tertiary/aromatic N) is 3. The van der Waals surface area contributed by atoms with Gasteiger partial charge in [-0.05, 0) is 46.8 Å². The number of aryl methyl sites for hydroxylation is 1. The minimum absolute atomic E-state index is 0.0411. The van der Waals surface area contributed by atoms with Crippen LogP contribution in [0, 0.1) is 6.92 Å². The Morgan fingerprint density at radius 3 is 2.50 bits per heavy atom. The van der Waals surface area contributed by atoms with E-state index in [9.17, 15) is 14.7 Å². The summed E-state index contributed by atoms with van der Waals surface area (Å²) in [6.07, 6.45) is 2.82. The summed E-state index contributed by atoms with van der Waals surface area (Å²) in [4.78, 5) is 28.6. The number of carbonyl (C=O) groups excluding carboxylic acids is 2. The number of imidazole rings is 1. The Kier molecular flexibility index (Phi) is 4.83. The molecule has 2 aromatic rings. The Labute approximate surface area is 165 Å². The van der Waals surface area contributed by atoms with Gasteiger partial charge in [-0.2, -0.15) is 0 Å². The summed E-state index contributed by atoms with van der Waals surface area (Å²) in [5.74, 6) is 0.0411. The van der Waals surface area contributed by atoms with Crippen LogP contribution >= 0.6 is 0 Å². The molecule has 1 aromatic carbocycles. The third-order valence-electron chi connectivity index (χ3n) is 5.86. The molecule has 2 amide bonds. The van der Waals surface area contributed by atoms with Crippen LogP contribution < -0.4 is 14.9 Å². The highest BCUT2D eigenvalue weighted by Gasteiger charge is 2.55. The highest BCUT2D eigenvalue weighted by atomic mass is 16.4. The molecule has 150 valence electrons. The Balaban J connectivity index is 2.27. The van der Waals surface area contributed by atoms with E-state index in [-0.39, 0.29) is 22.0 Å². The average Bonchev–Trinajstić information content (AvgIpc) is 2.99. The second-order valence-corrected chi connectivity index (χ2v) is 8.65. The molecule has 7 heteroatoms. The standard InChI is InChI=1S/C21H28N4O3/c1-13-11-24(12-22-13)16-7-8-19-17(10-16)18(23-20(27)28)9-14(2)25(19,15(3)26)21(4,5)6/h7-8,10-12,14,18,23H,9H2,1-6H3/t14-,18?,25-/m0/s1. The predicted molar refractivity (Wildman–Crippen MR) is 106 cm³/mol. The van der Waals surface area contributed by atoms with Crippen LogP contribution in [0.1, 0.15) is 58.3 Å². The summed E-state index contributed by atoms with van der Waals surface area (Å²) in [5, 5.41) is 13.9. The molecule has 1 aliphatic heterocycles. The van der Waals surface area contributed by atoms with Crippen LogP contribution in [-0.2, 0) is 4.79 Å². The lowest BCUT2D eigenvalue weighted by Crippen LogP contribution is -2.71. The van der Waals surface area contributed by atoms with Gasteiger partial charge in [0.05, 0.1) is 25.0 Å². The van der Waals surface area contributed by atoms with Crippen molar-refractivity contribution in [2.24, 2.45) is 0 Å². The summed E-state index contributed by atoms with van der Waals surface area (Å²) in [6, 6.07) is 5.32. The molecule has 0 spiro atoms. The third kappa shape index (κ3) is 2.99. The van der Waals surface area contributed by atoms with Gasteiger partial charge < -0.3 is 19.8 Å². The molecule has 3 rings (SSSR count). The van der Waals surface area contributed by atoms with Crippen molar-refractivity contribution < 1.29 is 14.7 Å². The van der Waals surface area contributed by atoms with Crippen molar-refractivity contribution in [3.63, 3.8) is 0 Å². The van der Waals surface area contributed by atoms with Gasteiger partial charge in [0.1, 0.15) is 23.4 Å². The molecule has 0 radical (unpaired) electrons. The Morgan fingerprint density at radius 1 is 1.32 bits per heavy atom. The molecule has 0 saturated heterocycles. The van der Waals surface area contributed by atoms with Crippen LogP contribution in [0.5, 0.6) is 0 Å². The number of quaternary nitrogens is 1. The highest BCUT2D eigenvalue weighted by Crippen LogP contribution is 2.48. The van der Waals surface area contributed by atoms with Gasteiger partial charge in [0.15, 0.2) is 0 Å². The van der Waals surface area contributed by atoms with Crippen molar-refractivity contribution in [3.05, 3.63) is 42.0 Å². The lowest BCUT2D eigenvalue weighted by Gasteiger charge is -2.53. The Bertz CT molecular complexity index is 928. The minimum Gasteiger partial charge on any atom is -0.530 e. The summed E-state index contributed by atoms with van der Waals surface area (Å²) >= 11 is 0. The summed E-state index contributed by atoms with van der Waals surface area (Å²) in [6.45, 7) is 11.7. The number of carbonyl (C=O) groups is 2. The molecule has 1 aromatic heterocycles. The van der Waals surface area contributed by atoms with Gasteiger partial charge in [-0.25, -0.2) is 14.3 Å². The number of rotatable bonds is 2. The van der Waals surface area contributed by atoms with E-state index >= 15 is 0 Å². The van der Waals surface area contributed by atoms with Crippen molar-refractivity contribution in [1.29, 1.82) is 0 Å². The van der Waals surface area contributed by atoms with Gasteiger partial charge in [0, 0.05) is 29.9 Å². The van der Waals surface area contributed by atoms with Crippen LogP contribution in [0.25, 0.3) is 5.69 Å². The number of hydrogen-bond donors (Lipinski definition) is 1. The molecule has 2 heterocycles. The zero-order valence-corrected chi connectivity index (χ0v) is 17.3. The Morgan fingerprint density at radius 2 is 2.00 bits per heavy atom.